The zero-order valence-electron chi connectivity index (χ0n) is 8.76. The molecule has 0 aliphatic carbocycles. The number of nitrogens with zero attached hydrogens (tertiary/aromatic N) is 1. The molecule has 0 aromatic rings. The monoisotopic (exact) mass is 182 g/mol. The summed E-state index contributed by atoms with van der Waals surface area (Å²) < 4.78 is 0. The summed E-state index contributed by atoms with van der Waals surface area (Å²) >= 11 is 0. The highest BCUT2D eigenvalue weighted by molar-refractivity contribution is 4.86. The Bertz CT molecular complexity index is 152. The van der Waals surface area contributed by atoms with E-state index in [-0.39, 0.29) is 0 Å². The first kappa shape index (κ1) is 9.47. The largest absolute Gasteiger partial charge is 0.315 e. The fourth-order valence-electron chi connectivity index (χ4n) is 2.79. The maximum Gasteiger partial charge on any atom is 0.0232 e. The average molecular weight is 182 g/mol. The van der Waals surface area contributed by atoms with Gasteiger partial charge in [-0.15, -0.1) is 0 Å². The zero-order chi connectivity index (χ0) is 9.10. The van der Waals surface area contributed by atoms with Crippen LogP contribution in [-0.2, 0) is 0 Å². The number of hydrogen-bond donors (Lipinski definition) is 1. The topological polar surface area (TPSA) is 15.3 Å². The van der Waals surface area contributed by atoms with Crippen molar-refractivity contribution in [2.75, 3.05) is 26.2 Å². The van der Waals surface area contributed by atoms with Crippen molar-refractivity contribution in [3.8, 4) is 0 Å². The van der Waals surface area contributed by atoms with Gasteiger partial charge in [-0.2, -0.15) is 0 Å². The molecule has 1 N–H and O–H groups in total. The molecule has 2 unspecified atom stereocenters. The summed E-state index contributed by atoms with van der Waals surface area (Å²) in [5, 5.41) is 3.45. The minimum absolute atomic E-state index is 0.863. The van der Waals surface area contributed by atoms with E-state index >= 15 is 0 Å². The van der Waals surface area contributed by atoms with Crippen molar-refractivity contribution >= 4 is 0 Å². The molecule has 0 aromatic carbocycles. The number of nitrogens with one attached hydrogen (secondary N) is 1. The lowest BCUT2D eigenvalue weighted by atomic mass is 10.0. The summed E-state index contributed by atoms with van der Waals surface area (Å²) in [7, 11) is 0. The van der Waals surface area contributed by atoms with Crippen molar-refractivity contribution < 1.29 is 0 Å². The molecule has 2 saturated heterocycles. The molecule has 0 bridgehead atoms. The van der Waals surface area contributed by atoms with Crippen LogP contribution in [0.3, 0.4) is 0 Å². The normalized spacial score (nSPS) is 35.8. The van der Waals surface area contributed by atoms with E-state index in [4.69, 9.17) is 0 Å². The van der Waals surface area contributed by atoms with Crippen molar-refractivity contribution in [3.63, 3.8) is 0 Å². The van der Waals surface area contributed by atoms with Crippen LogP contribution >= 0.6 is 0 Å². The van der Waals surface area contributed by atoms with E-state index in [0.717, 1.165) is 12.0 Å². The third kappa shape index (κ3) is 2.23. The van der Waals surface area contributed by atoms with Gasteiger partial charge in [0.15, 0.2) is 0 Å². The summed E-state index contributed by atoms with van der Waals surface area (Å²) in [6.45, 7) is 7.51. The number of rotatable bonds is 3. The van der Waals surface area contributed by atoms with Crippen LogP contribution in [-0.4, -0.2) is 37.1 Å². The summed E-state index contributed by atoms with van der Waals surface area (Å²) in [4.78, 5) is 2.71. The first-order chi connectivity index (χ1) is 6.40. The standard InChI is InChI=1S/C11H22N2/c1-2-3-10-5-7-13(9-10)11-4-6-12-8-11/h10-12H,2-9H2,1H3. The van der Waals surface area contributed by atoms with Gasteiger partial charge in [0.2, 0.25) is 0 Å². The van der Waals surface area contributed by atoms with Crippen LogP contribution in [0.25, 0.3) is 0 Å². The predicted molar refractivity (Wildman–Crippen MR) is 55.9 cm³/mol. The minimum atomic E-state index is 0.863. The van der Waals surface area contributed by atoms with Crippen LogP contribution in [0.15, 0.2) is 0 Å². The highest BCUT2D eigenvalue weighted by atomic mass is 15.2. The Morgan fingerprint density at radius 1 is 1.38 bits per heavy atom. The molecular formula is C11H22N2. The third-order valence-electron chi connectivity index (χ3n) is 3.56. The van der Waals surface area contributed by atoms with Crippen molar-refractivity contribution in [3.05, 3.63) is 0 Å². The quantitative estimate of drug-likeness (QED) is 0.711. The Balaban J connectivity index is 1.76. The molecule has 0 radical (unpaired) electrons. The van der Waals surface area contributed by atoms with Gasteiger partial charge in [-0.05, 0) is 38.3 Å². The fourth-order valence-corrected chi connectivity index (χ4v) is 2.79. The van der Waals surface area contributed by atoms with Gasteiger partial charge < -0.3 is 5.32 Å². The number of likely N-dealkylation sites (tertiary alicyclic amines) is 1. The molecular weight excluding hydrogens is 160 g/mol. The minimum Gasteiger partial charge on any atom is -0.315 e. The molecule has 0 aromatic heterocycles. The lowest BCUT2D eigenvalue weighted by Crippen LogP contribution is -2.34. The molecule has 2 rings (SSSR count). The maximum absolute atomic E-state index is 3.45. The molecule has 76 valence electrons. The molecule has 2 aliphatic heterocycles. The van der Waals surface area contributed by atoms with Crippen LogP contribution in [0.2, 0.25) is 0 Å². The second kappa shape index (κ2) is 4.43. The smallest absolute Gasteiger partial charge is 0.0232 e. The Morgan fingerprint density at radius 3 is 3.00 bits per heavy atom. The average Bonchev–Trinajstić information content (AvgIpc) is 2.70. The van der Waals surface area contributed by atoms with Gasteiger partial charge in [0.1, 0.15) is 0 Å². The Labute approximate surface area is 81.7 Å². The molecule has 0 amide bonds. The van der Waals surface area contributed by atoms with E-state index < -0.39 is 0 Å². The summed E-state index contributed by atoms with van der Waals surface area (Å²) in [6.07, 6.45) is 5.63. The van der Waals surface area contributed by atoms with E-state index in [0.29, 0.717) is 0 Å². The predicted octanol–water partition coefficient (Wildman–Crippen LogP) is 1.47. The van der Waals surface area contributed by atoms with Gasteiger partial charge in [0, 0.05) is 19.1 Å². The van der Waals surface area contributed by atoms with E-state index in [1.54, 1.807) is 0 Å². The van der Waals surface area contributed by atoms with E-state index in [9.17, 15) is 0 Å². The van der Waals surface area contributed by atoms with Crippen molar-refractivity contribution in [1.82, 2.24) is 10.2 Å². The summed E-state index contributed by atoms with van der Waals surface area (Å²) in [5.74, 6) is 1.01. The van der Waals surface area contributed by atoms with E-state index in [1.165, 1.54) is 51.9 Å². The van der Waals surface area contributed by atoms with Gasteiger partial charge >= 0.3 is 0 Å². The maximum atomic E-state index is 3.45. The lowest BCUT2D eigenvalue weighted by molar-refractivity contribution is 0.246. The molecule has 2 fully saturated rings. The molecule has 2 atom stereocenters. The van der Waals surface area contributed by atoms with Crippen molar-refractivity contribution in [2.24, 2.45) is 5.92 Å². The Kier molecular flexibility index (Phi) is 3.23. The van der Waals surface area contributed by atoms with Crippen LogP contribution in [0.5, 0.6) is 0 Å². The van der Waals surface area contributed by atoms with Crippen LogP contribution in [0.1, 0.15) is 32.6 Å². The molecule has 2 heteroatoms. The van der Waals surface area contributed by atoms with Gasteiger partial charge in [-0.25, -0.2) is 0 Å². The summed E-state index contributed by atoms with van der Waals surface area (Å²) in [6, 6.07) is 0.863. The van der Waals surface area contributed by atoms with E-state index in [1.807, 2.05) is 0 Å². The van der Waals surface area contributed by atoms with Gasteiger partial charge in [-0.3, -0.25) is 4.90 Å². The van der Waals surface area contributed by atoms with Crippen LogP contribution in [0.4, 0.5) is 0 Å². The van der Waals surface area contributed by atoms with Crippen molar-refractivity contribution in [1.29, 1.82) is 0 Å². The molecule has 0 saturated carbocycles. The molecule has 13 heavy (non-hydrogen) atoms. The van der Waals surface area contributed by atoms with Gasteiger partial charge in [0.25, 0.3) is 0 Å². The molecule has 0 spiro atoms. The number of hydrogen-bond acceptors (Lipinski definition) is 2. The first-order valence-corrected chi connectivity index (χ1v) is 5.85. The van der Waals surface area contributed by atoms with Crippen molar-refractivity contribution in [2.45, 2.75) is 38.6 Å². The highest BCUT2D eigenvalue weighted by Gasteiger charge is 2.28. The SMILES string of the molecule is CCCC1CCN(C2CCNC2)C1. The first-order valence-electron chi connectivity index (χ1n) is 5.85. The highest BCUT2D eigenvalue weighted by Crippen LogP contribution is 2.24. The van der Waals surface area contributed by atoms with E-state index in [2.05, 4.69) is 17.1 Å². The third-order valence-corrected chi connectivity index (χ3v) is 3.56. The molecule has 2 nitrogen and oxygen atoms in total. The lowest BCUT2D eigenvalue weighted by Gasteiger charge is -2.22. The van der Waals surface area contributed by atoms with Gasteiger partial charge in [0.05, 0.1) is 0 Å². The molecule has 2 aliphatic rings. The summed E-state index contributed by atoms with van der Waals surface area (Å²) in [5.41, 5.74) is 0. The zero-order valence-corrected chi connectivity index (χ0v) is 8.76. The molecule has 2 heterocycles. The second-order valence-electron chi connectivity index (χ2n) is 4.58. The Hall–Kier alpha value is -0.0800. The second-order valence-corrected chi connectivity index (χ2v) is 4.58. The fraction of sp³-hybridized carbons (Fsp3) is 1.00. The van der Waals surface area contributed by atoms with Gasteiger partial charge in [-0.1, -0.05) is 13.3 Å². The Morgan fingerprint density at radius 2 is 2.31 bits per heavy atom. The van der Waals surface area contributed by atoms with Crippen LogP contribution < -0.4 is 5.32 Å². The van der Waals surface area contributed by atoms with Crippen LogP contribution in [0, 0.1) is 5.92 Å².